The van der Waals surface area contributed by atoms with E-state index in [4.69, 9.17) is 10.5 Å². The molecule has 0 amide bonds. The SMILES string of the molecule is COc1cccc(N)c1C(=O)c1ccc(C(C)(C)C)cc1. The van der Waals surface area contributed by atoms with E-state index in [-0.39, 0.29) is 11.2 Å². The van der Waals surface area contributed by atoms with Gasteiger partial charge in [-0.3, -0.25) is 4.79 Å². The molecular formula is C18H21NO2. The van der Waals surface area contributed by atoms with Gasteiger partial charge >= 0.3 is 0 Å². The van der Waals surface area contributed by atoms with E-state index in [1.165, 1.54) is 12.7 Å². The summed E-state index contributed by atoms with van der Waals surface area (Å²) in [4.78, 5) is 12.6. The number of rotatable bonds is 3. The summed E-state index contributed by atoms with van der Waals surface area (Å²) < 4.78 is 5.25. The largest absolute Gasteiger partial charge is 0.496 e. The topological polar surface area (TPSA) is 52.3 Å². The van der Waals surface area contributed by atoms with Crippen molar-refractivity contribution in [1.82, 2.24) is 0 Å². The average Bonchev–Trinajstić information content (AvgIpc) is 2.45. The Morgan fingerprint density at radius 3 is 2.19 bits per heavy atom. The minimum Gasteiger partial charge on any atom is -0.496 e. The smallest absolute Gasteiger partial charge is 0.198 e. The highest BCUT2D eigenvalue weighted by atomic mass is 16.5. The first kappa shape index (κ1) is 15.1. The molecule has 0 atom stereocenters. The van der Waals surface area contributed by atoms with Crippen molar-refractivity contribution in [3.63, 3.8) is 0 Å². The Hall–Kier alpha value is -2.29. The number of ether oxygens (including phenoxy) is 1. The van der Waals surface area contributed by atoms with Crippen LogP contribution in [0, 0.1) is 0 Å². The molecule has 0 aliphatic carbocycles. The normalized spacial score (nSPS) is 11.2. The summed E-state index contributed by atoms with van der Waals surface area (Å²) in [6.45, 7) is 6.42. The molecule has 0 spiro atoms. The second-order valence-electron chi connectivity index (χ2n) is 6.08. The number of nitrogen functional groups attached to an aromatic ring is 1. The van der Waals surface area contributed by atoms with Crippen molar-refractivity contribution in [2.75, 3.05) is 12.8 Å². The zero-order chi connectivity index (χ0) is 15.6. The first-order valence-corrected chi connectivity index (χ1v) is 6.92. The lowest BCUT2D eigenvalue weighted by Crippen LogP contribution is -2.12. The lowest BCUT2D eigenvalue weighted by atomic mass is 9.86. The number of hydrogen-bond acceptors (Lipinski definition) is 3. The molecule has 2 aromatic carbocycles. The van der Waals surface area contributed by atoms with Crippen molar-refractivity contribution < 1.29 is 9.53 Å². The summed E-state index contributed by atoms with van der Waals surface area (Å²) in [6, 6.07) is 12.9. The Bertz CT molecular complexity index is 652. The zero-order valence-corrected chi connectivity index (χ0v) is 12.9. The fourth-order valence-electron chi connectivity index (χ4n) is 2.23. The van der Waals surface area contributed by atoms with Gasteiger partial charge in [0, 0.05) is 11.3 Å². The molecule has 110 valence electrons. The fourth-order valence-corrected chi connectivity index (χ4v) is 2.23. The van der Waals surface area contributed by atoms with E-state index >= 15 is 0 Å². The molecule has 0 aliphatic rings. The number of hydrogen-bond donors (Lipinski definition) is 1. The van der Waals surface area contributed by atoms with Crippen LogP contribution in [0.5, 0.6) is 5.75 Å². The van der Waals surface area contributed by atoms with Gasteiger partial charge in [-0.15, -0.1) is 0 Å². The van der Waals surface area contributed by atoms with Crippen LogP contribution in [0.4, 0.5) is 5.69 Å². The predicted octanol–water partition coefficient (Wildman–Crippen LogP) is 3.81. The van der Waals surface area contributed by atoms with Crippen LogP contribution in [0.15, 0.2) is 42.5 Å². The standard InChI is InChI=1S/C18H21NO2/c1-18(2,3)13-10-8-12(9-11-13)17(20)16-14(19)6-5-7-15(16)21-4/h5-11H,19H2,1-4H3. The van der Waals surface area contributed by atoms with E-state index in [1.807, 2.05) is 24.3 Å². The van der Waals surface area contributed by atoms with E-state index in [2.05, 4.69) is 20.8 Å². The number of nitrogens with two attached hydrogens (primary N) is 1. The average molecular weight is 283 g/mol. The van der Waals surface area contributed by atoms with Crippen LogP contribution in [0.2, 0.25) is 0 Å². The molecule has 3 nitrogen and oxygen atoms in total. The maximum atomic E-state index is 12.6. The number of ketones is 1. The van der Waals surface area contributed by atoms with Crippen molar-refractivity contribution in [3.8, 4) is 5.75 Å². The van der Waals surface area contributed by atoms with Gasteiger partial charge < -0.3 is 10.5 Å². The Balaban J connectivity index is 2.42. The van der Waals surface area contributed by atoms with Crippen LogP contribution in [0.3, 0.4) is 0 Å². The van der Waals surface area contributed by atoms with Crippen molar-refractivity contribution in [2.45, 2.75) is 26.2 Å². The minimum atomic E-state index is -0.120. The third-order valence-electron chi connectivity index (χ3n) is 3.52. The van der Waals surface area contributed by atoms with E-state index in [0.29, 0.717) is 22.6 Å². The summed E-state index contributed by atoms with van der Waals surface area (Å²) in [5.41, 5.74) is 8.64. The third-order valence-corrected chi connectivity index (χ3v) is 3.52. The number of carbonyl (C=O) groups excluding carboxylic acids is 1. The molecule has 0 aliphatic heterocycles. The highest BCUT2D eigenvalue weighted by Crippen LogP contribution is 2.28. The molecule has 0 bridgehead atoms. The van der Waals surface area contributed by atoms with Crippen LogP contribution in [0.25, 0.3) is 0 Å². The van der Waals surface area contributed by atoms with Gasteiger partial charge in [-0.25, -0.2) is 0 Å². The molecule has 21 heavy (non-hydrogen) atoms. The maximum Gasteiger partial charge on any atom is 0.198 e. The molecule has 2 N–H and O–H groups in total. The second kappa shape index (κ2) is 5.60. The highest BCUT2D eigenvalue weighted by molar-refractivity contribution is 6.13. The quantitative estimate of drug-likeness (QED) is 0.688. The van der Waals surface area contributed by atoms with Crippen molar-refractivity contribution in [3.05, 3.63) is 59.2 Å². The van der Waals surface area contributed by atoms with Gasteiger partial charge in [0.1, 0.15) is 5.75 Å². The summed E-state index contributed by atoms with van der Waals surface area (Å²) in [5.74, 6) is 0.380. The van der Waals surface area contributed by atoms with Gasteiger partial charge in [0.25, 0.3) is 0 Å². The highest BCUT2D eigenvalue weighted by Gasteiger charge is 2.19. The Kier molecular flexibility index (Phi) is 4.03. The Morgan fingerprint density at radius 1 is 1.05 bits per heavy atom. The Labute approximate surface area is 125 Å². The van der Waals surface area contributed by atoms with E-state index in [9.17, 15) is 4.79 Å². The van der Waals surface area contributed by atoms with E-state index < -0.39 is 0 Å². The minimum absolute atomic E-state index is 0.0606. The fraction of sp³-hybridized carbons (Fsp3) is 0.278. The van der Waals surface area contributed by atoms with Crippen LogP contribution < -0.4 is 10.5 Å². The lowest BCUT2D eigenvalue weighted by Gasteiger charge is -2.19. The van der Waals surface area contributed by atoms with E-state index in [0.717, 1.165) is 0 Å². The summed E-state index contributed by atoms with van der Waals surface area (Å²) in [5, 5.41) is 0. The van der Waals surface area contributed by atoms with Crippen molar-refractivity contribution in [1.29, 1.82) is 0 Å². The van der Waals surface area contributed by atoms with Gasteiger partial charge in [0.15, 0.2) is 5.78 Å². The van der Waals surface area contributed by atoms with Gasteiger partial charge in [0.05, 0.1) is 12.7 Å². The molecule has 0 fully saturated rings. The molecule has 3 heteroatoms. The predicted molar refractivity (Wildman–Crippen MR) is 86.0 cm³/mol. The van der Waals surface area contributed by atoms with Gasteiger partial charge in [0.2, 0.25) is 0 Å². The molecule has 0 radical (unpaired) electrons. The molecule has 2 rings (SSSR count). The number of methoxy groups -OCH3 is 1. The molecule has 0 heterocycles. The molecule has 0 unspecified atom stereocenters. The maximum absolute atomic E-state index is 12.6. The van der Waals surface area contributed by atoms with Gasteiger partial charge in [-0.2, -0.15) is 0 Å². The number of anilines is 1. The van der Waals surface area contributed by atoms with Crippen LogP contribution >= 0.6 is 0 Å². The lowest BCUT2D eigenvalue weighted by molar-refractivity contribution is 0.103. The van der Waals surface area contributed by atoms with E-state index in [1.54, 1.807) is 18.2 Å². The summed E-state index contributed by atoms with van der Waals surface area (Å²) in [6.07, 6.45) is 0. The van der Waals surface area contributed by atoms with Crippen LogP contribution in [-0.4, -0.2) is 12.9 Å². The van der Waals surface area contributed by atoms with Crippen molar-refractivity contribution >= 4 is 11.5 Å². The molecule has 0 aromatic heterocycles. The molecular weight excluding hydrogens is 262 g/mol. The molecule has 2 aromatic rings. The first-order chi connectivity index (χ1) is 9.84. The van der Waals surface area contributed by atoms with Gasteiger partial charge in [-0.1, -0.05) is 51.1 Å². The first-order valence-electron chi connectivity index (χ1n) is 6.92. The van der Waals surface area contributed by atoms with Crippen LogP contribution in [-0.2, 0) is 5.41 Å². The zero-order valence-electron chi connectivity index (χ0n) is 12.9. The third kappa shape index (κ3) is 3.07. The van der Waals surface area contributed by atoms with Gasteiger partial charge in [-0.05, 0) is 23.1 Å². The van der Waals surface area contributed by atoms with Crippen molar-refractivity contribution in [2.24, 2.45) is 0 Å². The van der Waals surface area contributed by atoms with Crippen LogP contribution in [0.1, 0.15) is 42.3 Å². The number of carbonyl (C=O) groups is 1. The number of benzene rings is 2. The molecule has 0 saturated heterocycles. The summed E-state index contributed by atoms with van der Waals surface area (Å²) >= 11 is 0. The molecule has 0 saturated carbocycles. The summed E-state index contributed by atoms with van der Waals surface area (Å²) in [7, 11) is 1.54. The monoisotopic (exact) mass is 283 g/mol. The second-order valence-corrected chi connectivity index (χ2v) is 6.08. The Morgan fingerprint density at radius 2 is 1.67 bits per heavy atom.